The average molecular weight is 443 g/mol. The first-order chi connectivity index (χ1) is 15.5. The molecule has 1 aromatic heterocycles. The number of carboxylic acids is 1. The zero-order chi connectivity index (χ0) is 22.8. The Morgan fingerprint density at radius 1 is 1.25 bits per heavy atom. The molecule has 0 bridgehead atoms. The van der Waals surface area contributed by atoms with Gasteiger partial charge in [-0.05, 0) is 49.2 Å². The second kappa shape index (κ2) is 12.6. The summed E-state index contributed by atoms with van der Waals surface area (Å²) in [6.45, 7) is 2.73. The summed E-state index contributed by atoms with van der Waals surface area (Å²) in [6.07, 6.45) is 18.2. The maximum atomic E-state index is 13.1. The minimum Gasteiger partial charge on any atom is -0.481 e. The fraction of sp³-hybridized carbons (Fsp3) is 0.654. The molecule has 1 atom stereocenters. The van der Waals surface area contributed by atoms with E-state index < -0.39 is 5.97 Å². The van der Waals surface area contributed by atoms with Crippen LogP contribution in [-0.2, 0) is 9.59 Å². The van der Waals surface area contributed by atoms with Crippen LogP contribution in [0.1, 0.15) is 102 Å². The van der Waals surface area contributed by atoms with Gasteiger partial charge in [-0.3, -0.25) is 9.59 Å². The van der Waals surface area contributed by atoms with Crippen molar-refractivity contribution in [1.29, 1.82) is 0 Å². The van der Waals surface area contributed by atoms with Crippen molar-refractivity contribution in [2.45, 2.75) is 96.3 Å². The van der Waals surface area contributed by atoms with Crippen LogP contribution in [0.3, 0.4) is 0 Å². The smallest absolute Gasteiger partial charge is 0.303 e. The minimum atomic E-state index is -0.819. The lowest BCUT2D eigenvalue weighted by Crippen LogP contribution is -2.28. The topological polar surface area (TPSA) is 92.4 Å². The quantitative estimate of drug-likeness (QED) is 0.392. The lowest BCUT2D eigenvalue weighted by molar-refractivity contribution is -0.136. The highest BCUT2D eigenvalue weighted by Crippen LogP contribution is 2.35. The number of nitrogens with one attached hydrogen (secondary N) is 1. The van der Waals surface area contributed by atoms with Gasteiger partial charge in [-0.1, -0.05) is 57.9 Å². The SMILES string of the molecule is CC(CC1=C(C(=O)NCCCCC2CCCCC2)CCC=C1CCC(=O)O)c1ncco1. The number of allylic oxidation sites excluding steroid dienone is 3. The molecule has 6 nitrogen and oxygen atoms in total. The number of hydrogen-bond acceptors (Lipinski definition) is 4. The van der Waals surface area contributed by atoms with E-state index in [0.717, 1.165) is 35.5 Å². The molecule has 0 aromatic carbocycles. The van der Waals surface area contributed by atoms with Gasteiger partial charge in [0.25, 0.3) is 0 Å². The number of aliphatic carboxylic acids is 1. The summed E-state index contributed by atoms with van der Waals surface area (Å²) in [7, 11) is 0. The molecule has 3 rings (SSSR count). The third-order valence-electron chi connectivity index (χ3n) is 6.85. The number of carbonyl (C=O) groups excluding carboxylic acids is 1. The van der Waals surface area contributed by atoms with Gasteiger partial charge in [0, 0.05) is 24.5 Å². The summed E-state index contributed by atoms with van der Waals surface area (Å²) in [5.41, 5.74) is 2.76. The molecule has 1 fully saturated rings. The van der Waals surface area contributed by atoms with Gasteiger partial charge in [0.05, 0.1) is 6.20 Å². The highest BCUT2D eigenvalue weighted by atomic mass is 16.4. The summed E-state index contributed by atoms with van der Waals surface area (Å²) < 4.78 is 5.46. The van der Waals surface area contributed by atoms with Gasteiger partial charge in [-0.15, -0.1) is 0 Å². The first-order valence-electron chi connectivity index (χ1n) is 12.4. The summed E-state index contributed by atoms with van der Waals surface area (Å²) in [6, 6.07) is 0. The largest absolute Gasteiger partial charge is 0.481 e. The van der Waals surface area contributed by atoms with Crippen LogP contribution in [0.2, 0.25) is 0 Å². The molecule has 0 spiro atoms. The number of hydrogen-bond donors (Lipinski definition) is 2. The summed E-state index contributed by atoms with van der Waals surface area (Å²) >= 11 is 0. The normalized spacial score (nSPS) is 18.3. The molecular formula is C26H38N2O4. The van der Waals surface area contributed by atoms with E-state index in [4.69, 9.17) is 9.52 Å². The molecular weight excluding hydrogens is 404 g/mol. The minimum absolute atomic E-state index is 0.00167. The van der Waals surface area contributed by atoms with Gasteiger partial charge >= 0.3 is 5.97 Å². The van der Waals surface area contributed by atoms with E-state index in [2.05, 4.69) is 16.4 Å². The monoisotopic (exact) mass is 442 g/mol. The highest BCUT2D eigenvalue weighted by Gasteiger charge is 2.25. The van der Waals surface area contributed by atoms with Crippen molar-refractivity contribution in [2.24, 2.45) is 5.92 Å². The van der Waals surface area contributed by atoms with Gasteiger partial charge in [0.2, 0.25) is 5.91 Å². The molecule has 0 aliphatic heterocycles. The van der Waals surface area contributed by atoms with E-state index in [9.17, 15) is 9.59 Å². The van der Waals surface area contributed by atoms with Crippen molar-refractivity contribution in [2.75, 3.05) is 6.54 Å². The predicted molar refractivity (Wildman–Crippen MR) is 124 cm³/mol. The van der Waals surface area contributed by atoms with Crippen molar-refractivity contribution >= 4 is 11.9 Å². The van der Waals surface area contributed by atoms with Crippen LogP contribution in [0.15, 0.2) is 39.7 Å². The third-order valence-corrected chi connectivity index (χ3v) is 6.85. The van der Waals surface area contributed by atoms with E-state index in [0.29, 0.717) is 31.7 Å². The molecule has 1 unspecified atom stereocenters. The fourth-order valence-electron chi connectivity index (χ4n) is 5.07. The second-order valence-electron chi connectivity index (χ2n) is 9.35. The first kappa shape index (κ1) is 24.3. The molecule has 2 aliphatic rings. The molecule has 0 saturated heterocycles. The molecule has 6 heteroatoms. The molecule has 2 N–H and O–H groups in total. The highest BCUT2D eigenvalue weighted by molar-refractivity contribution is 5.95. The summed E-state index contributed by atoms with van der Waals surface area (Å²) in [4.78, 5) is 28.5. The van der Waals surface area contributed by atoms with E-state index in [1.807, 2.05) is 6.92 Å². The fourth-order valence-corrected chi connectivity index (χ4v) is 5.07. The number of nitrogens with zero attached hydrogens (tertiary/aromatic N) is 1. The van der Waals surface area contributed by atoms with Crippen LogP contribution in [0, 0.1) is 5.92 Å². The number of unbranched alkanes of at least 4 members (excludes halogenated alkanes) is 1. The Bertz CT molecular complexity index is 804. The Balaban J connectivity index is 1.59. The average Bonchev–Trinajstić information content (AvgIpc) is 3.34. The number of aromatic nitrogens is 1. The Hall–Kier alpha value is -2.37. The van der Waals surface area contributed by atoms with Crippen LogP contribution in [0.25, 0.3) is 0 Å². The predicted octanol–water partition coefficient (Wildman–Crippen LogP) is 5.92. The number of amides is 1. The number of rotatable bonds is 12. The second-order valence-corrected chi connectivity index (χ2v) is 9.35. The van der Waals surface area contributed by atoms with Gasteiger partial charge in [0.15, 0.2) is 5.89 Å². The third kappa shape index (κ3) is 7.35. The number of carbonyl (C=O) groups is 2. The van der Waals surface area contributed by atoms with Crippen LogP contribution in [-0.4, -0.2) is 28.5 Å². The van der Waals surface area contributed by atoms with E-state index in [-0.39, 0.29) is 18.2 Å². The lowest BCUT2D eigenvalue weighted by atomic mass is 9.83. The summed E-state index contributed by atoms with van der Waals surface area (Å²) in [5.74, 6) is 0.720. The Labute approximate surface area is 191 Å². The number of oxazole rings is 1. The van der Waals surface area contributed by atoms with Crippen LogP contribution < -0.4 is 5.32 Å². The molecule has 1 heterocycles. The van der Waals surface area contributed by atoms with Gasteiger partial charge < -0.3 is 14.8 Å². The molecule has 32 heavy (non-hydrogen) atoms. The summed E-state index contributed by atoms with van der Waals surface area (Å²) in [5, 5.41) is 12.3. The Kier molecular flexibility index (Phi) is 9.57. The van der Waals surface area contributed by atoms with Crippen LogP contribution in [0.4, 0.5) is 0 Å². The molecule has 2 aliphatic carbocycles. The van der Waals surface area contributed by atoms with E-state index >= 15 is 0 Å². The van der Waals surface area contributed by atoms with Gasteiger partial charge in [0.1, 0.15) is 6.26 Å². The van der Waals surface area contributed by atoms with E-state index in [1.165, 1.54) is 44.9 Å². The van der Waals surface area contributed by atoms with E-state index in [1.54, 1.807) is 12.5 Å². The molecule has 1 saturated carbocycles. The Morgan fingerprint density at radius 3 is 2.78 bits per heavy atom. The molecule has 176 valence electrons. The zero-order valence-corrected chi connectivity index (χ0v) is 19.4. The van der Waals surface area contributed by atoms with Crippen molar-refractivity contribution in [3.8, 4) is 0 Å². The molecule has 1 aromatic rings. The molecule has 1 amide bonds. The van der Waals surface area contributed by atoms with Crippen molar-refractivity contribution in [3.63, 3.8) is 0 Å². The maximum absolute atomic E-state index is 13.1. The van der Waals surface area contributed by atoms with Gasteiger partial charge in [-0.2, -0.15) is 0 Å². The standard InChI is InChI=1S/C26H38N2O4/c1-19(26-28-16-17-32-26)18-23-21(13-14-24(29)30)11-7-12-22(23)25(31)27-15-6-5-10-20-8-3-2-4-9-20/h11,16-17,19-20H,2-10,12-15,18H2,1H3,(H,27,31)(H,29,30). The van der Waals surface area contributed by atoms with Crippen LogP contribution >= 0.6 is 0 Å². The number of carboxylic acid groups (broad SMARTS) is 1. The van der Waals surface area contributed by atoms with Gasteiger partial charge in [-0.25, -0.2) is 4.98 Å². The lowest BCUT2D eigenvalue weighted by Gasteiger charge is -2.24. The van der Waals surface area contributed by atoms with Crippen LogP contribution in [0.5, 0.6) is 0 Å². The van der Waals surface area contributed by atoms with Crippen molar-refractivity contribution < 1.29 is 19.1 Å². The first-order valence-corrected chi connectivity index (χ1v) is 12.4. The zero-order valence-electron chi connectivity index (χ0n) is 19.4. The Morgan fingerprint density at radius 2 is 2.06 bits per heavy atom. The molecule has 0 radical (unpaired) electrons. The maximum Gasteiger partial charge on any atom is 0.303 e. The van der Waals surface area contributed by atoms with Crippen molar-refractivity contribution in [1.82, 2.24) is 10.3 Å². The van der Waals surface area contributed by atoms with Crippen molar-refractivity contribution in [3.05, 3.63) is 41.1 Å².